The maximum Gasteiger partial charge on any atom is 0.262 e. The molecule has 1 aliphatic rings. The first-order valence-corrected chi connectivity index (χ1v) is 5.99. The van der Waals surface area contributed by atoms with E-state index in [-0.39, 0.29) is 18.6 Å². The highest BCUT2D eigenvalue weighted by Gasteiger charge is 2.19. The average Bonchev–Trinajstić information content (AvgIpc) is 2.94. The third-order valence-electron chi connectivity index (χ3n) is 2.91. The van der Waals surface area contributed by atoms with Crippen molar-refractivity contribution in [3.05, 3.63) is 18.0 Å². The Morgan fingerprint density at radius 1 is 1.50 bits per heavy atom. The van der Waals surface area contributed by atoms with E-state index in [1.807, 2.05) is 6.92 Å². The normalized spacial score (nSPS) is 14.9. The van der Waals surface area contributed by atoms with Gasteiger partial charge in [0.1, 0.15) is 5.75 Å². The van der Waals surface area contributed by atoms with Crippen molar-refractivity contribution >= 4 is 23.0 Å². The van der Waals surface area contributed by atoms with Crippen LogP contribution in [0, 0.1) is 0 Å². The first-order valence-electron chi connectivity index (χ1n) is 5.99. The summed E-state index contributed by atoms with van der Waals surface area (Å²) >= 11 is 0. The number of hydrogen-bond acceptors (Lipinski definition) is 7. The fourth-order valence-corrected chi connectivity index (χ4v) is 1.92. The van der Waals surface area contributed by atoms with Crippen molar-refractivity contribution in [2.45, 2.75) is 13.0 Å². The summed E-state index contributed by atoms with van der Waals surface area (Å²) < 4.78 is 5.29. The minimum Gasteiger partial charge on any atom is -0.482 e. The number of anilines is 3. The van der Waals surface area contributed by atoms with Crippen LogP contribution in [0.2, 0.25) is 0 Å². The van der Waals surface area contributed by atoms with Crippen LogP contribution in [0.5, 0.6) is 5.75 Å². The second kappa shape index (κ2) is 4.68. The van der Waals surface area contributed by atoms with Gasteiger partial charge in [-0.1, -0.05) is 5.21 Å². The van der Waals surface area contributed by atoms with Crippen LogP contribution >= 0.6 is 0 Å². The van der Waals surface area contributed by atoms with E-state index in [1.54, 1.807) is 12.1 Å². The molecule has 3 rings (SSSR count). The van der Waals surface area contributed by atoms with Crippen LogP contribution in [0.4, 0.5) is 17.1 Å². The largest absolute Gasteiger partial charge is 0.482 e. The molecule has 1 aromatic heterocycles. The number of ether oxygens (including phenoxy) is 1. The summed E-state index contributed by atoms with van der Waals surface area (Å²) in [6.45, 7) is 1.87. The first-order chi connectivity index (χ1) is 9.63. The number of fused-ring (bicyclic) bond motifs is 1. The highest BCUT2D eigenvalue weighted by Crippen LogP contribution is 2.36. The molecule has 0 bridgehead atoms. The molecule has 0 aliphatic carbocycles. The highest BCUT2D eigenvalue weighted by atomic mass is 16.5. The molecule has 1 atom stereocenters. The lowest BCUT2D eigenvalue weighted by Gasteiger charge is -2.21. The Labute approximate surface area is 113 Å². The number of carbonyl (C=O) groups is 1. The van der Waals surface area contributed by atoms with Crippen molar-refractivity contribution in [3.63, 3.8) is 0 Å². The maximum atomic E-state index is 11.3. The van der Waals surface area contributed by atoms with Crippen LogP contribution in [0.25, 0.3) is 0 Å². The van der Waals surface area contributed by atoms with Crippen LogP contribution in [0.1, 0.15) is 18.8 Å². The molecule has 0 fully saturated rings. The van der Waals surface area contributed by atoms with Gasteiger partial charge in [-0.25, -0.2) is 0 Å². The number of nitrogens with two attached hydrogens (primary N) is 1. The molecule has 9 nitrogen and oxygen atoms in total. The molecule has 0 saturated carbocycles. The molecule has 20 heavy (non-hydrogen) atoms. The van der Waals surface area contributed by atoms with Gasteiger partial charge in [0.2, 0.25) is 0 Å². The Morgan fingerprint density at radius 2 is 2.35 bits per heavy atom. The zero-order chi connectivity index (χ0) is 14.1. The SMILES string of the molecule is CC(Nc1cc2c(cc1N)OCC(=O)N2)c1nn[nH]n1. The number of benzene rings is 1. The van der Waals surface area contributed by atoms with Crippen LogP contribution < -0.4 is 21.1 Å². The van der Waals surface area contributed by atoms with E-state index in [0.29, 0.717) is 28.6 Å². The number of nitrogens with zero attached hydrogens (tertiary/aromatic N) is 3. The molecule has 0 radical (unpaired) electrons. The fraction of sp³-hybridized carbons (Fsp3) is 0.273. The third-order valence-corrected chi connectivity index (χ3v) is 2.91. The number of hydrogen-bond donors (Lipinski definition) is 4. The zero-order valence-electron chi connectivity index (χ0n) is 10.7. The number of aromatic nitrogens is 4. The molecular weight excluding hydrogens is 262 g/mol. The van der Waals surface area contributed by atoms with Crippen LogP contribution in [-0.4, -0.2) is 33.1 Å². The van der Waals surface area contributed by atoms with Gasteiger partial charge in [0.05, 0.1) is 23.1 Å². The number of rotatable bonds is 3. The summed E-state index contributed by atoms with van der Waals surface area (Å²) in [4.78, 5) is 11.3. The Hall–Kier alpha value is -2.84. The van der Waals surface area contributed by atoms with Gasteiger partial charge in [-0.2, -0.15) is 5.21 Å². The average molecular weight is 275 g/mol. The van der Waals surface area contributed by atoms with Crippen molar-refractivity contribution in [1.82, 2.24) is 20.6 Å². The lowest BCUT2D eigenvalue weighted by molar-refractivity contribution is -0.118. The second-order valence-electron chi connectivity index (χ2n) is 4.41. The molecule has 1 aromatic carbocycles. The van der Waals surface area contributed by atoms with Crippen LogP contribution in [-0.2, 0) is 4.79 Å². The smallest absolute Gasteiger partial charge is 0.262 e. The number of H-pyrrole nitrogens is 1. The molecule has 9 heteroatoms. The zero-order valence-corrected chi connectivity index (χ0v) is 10.7. The van der Waals surface area contributed by atoms with Crippen LogP contribution in [0.15, 0.2) is 12.1 Å². The molecule has 2 aromatic rings. The fourth-order valence-electron chi connectivity index (χ4n) is 1.92. The monoisotopic (exact) mass is 275 g/mol. The second-order valence-corrected chi connectivity index (χ2v) is 4.41. The summed E-state index contributed by atoms with van der Waals surface area (Å²) in [6.07, 6.45) is 0. The van der Waals surface area contributed by atoms with Gasteiger partial charge < -0.3 is 21.1 Å². The van der Waals surface area contributed by atoms with Gasteiger partial charge in [-0.15, -0.1) is 10.2 Å². The highest BCUT2D eigenvalue weighted by molar-refractivity contribution is 5.97. The molecule has 5 N–H and O–H groups in total. The standard InChI is InChI=1S/C11H13N7O2/c1-5(11-15-17-18-16-11)13-7-3-8-9(2-6(7)12)20-4-10(19)14-8/h2-3,5,13H,4,12H2,1H3,(H,14,19)(H,15,16,17,18). The third kappa shape index (κ3) is 2.20. The summed E-state index contributed by atoms with van der Waals surface area (Å²) in [7, 11) is 0. The van der Waals surface area contributed by atoms with Crippen molar-refractivity contribution in [2.75, 3.05) is 23.0 Å². The van der Waals surface area contributed by atoms with E-state index in [9.17, 15) is 4.79 Å². The molecule has 2 heterocycles. The number of carbonyl (C=O) groups excluding carboxylic acids is 1. The summed E-state index contributed by atoms with van der Waals surface area (Å²) in [6, 6.07) is 3.20. The quantitative estimate of drug-likeness (QED) is 0.592. The van der Waals surface area contributed by atoms with E-state index < -0.39 is 0 Å². The van der Waals surface area contributed by atoms with E-state index in [0.717, 1.165) is 0 Å². The minimum atomic E-state index is -0.195. The summed E-state index contributed by atoms with van der Waals surface area (Å²) in [5.74, 6) is 0.877. The molecule has 0 spiro atoms. The Balaban J connectivity index is 1.86. The minimum absolute atomic E-state index is 0.00151. The molecule has 1 aliphatic heterocycles. The Morgan fingerprint density at radius 3 is 3.10 bits per heavy atom. The van der Waals surface area contributed by atoms with E-state index >= 15 is 0 Å². The summed E-state index contributed by atoms with van der Waals surface area (Å²) in [5, 5.41) is 19.6. The molecule has 1 unspecified atom stereocenters. The number of nitrogen functional groups attached to an aromatic ring is 1. The number of tetrazole rings is 1. The van der Waals surface area contributed by atoms with Gasteiger partial charge in [-0.3, -0.25) is 4.79 Å². The number of amides is 1. The maximum absolute atomic E-state index is 11.3. The predicted molar refractivity (Wildman–Crippen MR) is 71.2 cm³/mol. The van der Waals surface area contributed by atoms with Gasteiger partial charge in [-0.05, 0) is 13.0 Å². The lowest BCUT2D eigenvalue weighted by atomic mass is 10.2. The molecular formula is C11H13N7O2. The lowest BCUT2D eigenvalue weighted by Crippen LogP contribution is -2.25. The number of aromatic amines is 1. The van der Waals surface area contributed by atoms with Crippen molar-refractivity contribution < 1.29 is 9.53 Å². The Bertz CT molecular complexity index is 640. The predicted octanol–water partition coefficient (Wildman–Crippen LogP) is 0.286. The van der Waals surface area contributed by atoms with Crippen molar-refractivity contribution in [3.8, 4) is 5.75 Å². The first kappa shape index (κ1) is 12.2. The van der Waals surface area contributed by atoms with Gasteiger partial charge >= 0.3 is 0 Å². The van der Waals surface area contributed by atoms with Gasteiger partial charge in [0.15, 0.2) is 12.4 Å². The molecule has 104 valence electrons. The molecule has 1 amide bonds. The number of nitrogens with one attached hydrogen (secondary N) is 3. The van der Waals surface area contributed by atoms with Crippen LogP contribution in [0.3, 0.4) is 0 Å². The topological polar surface area (TPSA) is 131 Å². The molecule has 0 saturated heterocycles. The van der Waals surface area contributed by atoms with Gasteiger partial charge in [0, 0.05) is 6.07 Å². The Kier molecular flexibility index (Phi) is 2.86. The summed E-state index contributed by atoms with van der Waals surface area (Å²) in [5.41, 5.74) is 7.71. The van der Waals surface area contributed by atoms with E-state index in [2.05, 4.69) is 31.3 Å². The van der Waals surface area contributed by atoms with E-state index in [1.165, 1.54) is 0 Å². The van der Waals surface area contributed by atoms with Gasteiger partial charge in [0.25, 0.3) is 5.91 Å². The van der Waals surface area contributed by atoms with Crippen molar-refractivity contribution in [2.24, 2.45) is 0 Å². The van der Waals surface area contributed by atoms with E-state index in [4.69, 9.17) is 10.5 Å². The van der Waals surface area contributed by atoms with Crippen molar-refractivity contribution in [1.29, 1.82) is 0 Å².